The topological polar surface area (TPSA) is 56.9 Å². The number of halogens is 2. The van der Waals surface area contributed by atoms with Crippen LogP contribution in [0.15, 0.2) is 24.4 Å². The normalized spacial score (nSPS) is 18.0. The minimum atomic E-state index is -0.243. The molecule has 1 saturated heterocycles. The second kappa shape index (κ2) is 7.61. The van der Waals surface area contributed by atoms with Crippen molar-refractivity contribution in [2.75, 3.05) is 13.1 Å². The highest BCUT2D eigenvalue weighted by molar-refractivity contribution is 5.85. The lowest BCUT2D eigenvalue weighted by atomic mass is 10.0. The summed E-state index contributed by atoms with van der Waals surface area (Å²) >= 11 is 0. The van der Waals surface area contributed by atoms with Crippen LogP contribution in [0.25, 0.3) is 10.9 Å². The Kier molecular flexibility index (Phi) is 5.80. The van der Waals surface area contributed by atoms with Crippen molar-refractivity contribution in [3.05, 3.63) is 35.8 Å². The van der Waals surface area contributed by atoms with E-state index >= 15 is 0 Å². The monoisotopic (exact) mass is 325 g/mol. The zero-order valence-corrected chi connectivity index (χ0v) is 13.1. The number of piperidine rings is 1. The number of hydrogen-bond donors (Lipinski definition) is 3. The zero-order valence-electron chi connectivity index (χ0n) is 12.3. The summed E-state index contributed by atoms with van der Waals surface area (Å²) in [5.74, 6) is -0.159. The van der Waals surface area contributed by atoms with Crippen LogP contribution in [-0.4, -0.2) is 30.0 Å². The first-order valence-electron chi connectivity index (χ1n) is 7.50. The highest BCUT2D eigenvalue weighted by atomic mass is 35.5. The first kappa shape index (κ1) is 16.8. The molecule has 0 aliphatic carbocycles. The van der Waals surface area contributed by atoms with E-state index in [4.69, 9.17) is 0 Å². The molecule has 3 rings (SSSR count). The molecule has 0 radical (unpaired) electrons. The van der Waals surface area contributed by atoms with Crippen LogP contribution in [0.3, 0.4) is 0 Å². The van der Waals surface area contributed by atoms with Crippen LogP contribution < -0.4 is 10.6 Å². The van der Waals surface area contributed by atoms with Gasteiger partial charge >= 0.3 is 0 Å². The summed E-state index contributed by atoms with van der Waals surface area (Å²) in [6.07, 6.45) is 5.80. The van der Waals surface area contributed by atoms with Crippen LogP contribution in [0.1, 0.15) is 24.8 Å². The van der Waals surface area contributed by atoms with Gasteiger partial charge in [-0.15, -0.1) is 12.4 Å². The van der Waals surface area contributed by atoms with E-state index in [0.29, 0.717) is 6.54 Å². The van der Waals surface area contributed by atoms with Crippen LogP contribution in [0.2, 0.25) is 0 Å². The van der Waals surface area contributed by atoms with Crippen LogP contribution in [-0.2, 0) is 11.2 Å². The van der Waals surface area contributed by atoms with Gasteiger partial charge in [0.1, 0.15) is 5.82 Å². The SMILES string of the molecule is Cl.O=C(NCCc1c[nH]c2cc(F)ccc12)C1CCCCN1. The lowest BCUT2D eigenvalue weighted by molar-refractivity contribution is -0.123. The highest BCUT2D eigenvalue weighted by Crippen LogP contribution is 2.19. The van der Waals surface area contributed by atoms with Crippen LogP contribution in [0.4, 0.5) is 4.39 Å². The summed E-state index contributed by atoms with van der Waals surface area (Å²) in [4.78, 5) is 15.1. The minimum Gasteiger partial charge on any atom is -0.361 e. The van der Waals surface area contributed by atoms with Crippen LogP contribution >= 0.6 is 12.4 Å². The van der Waals surface area contributed by atoms with E-state index in [1.807, 2.05) is 6.20 Å². The molecule has 0 bridgehead atoms. The highest BCUT2D eigenvalue weighted by Gasteiger charge is 2.19. The summed E-state index contributed by atoms with van der Waals surface area (Å²) in [6, 6.07) is 4.69. The maximum absolute atomic E-state index is 13.1. The Bertz CT molecular complexity index is 637. The van der Waals surface area contributed by atoms with Crippen molar-refractivity contribution >= 4 is 29.2 Å². The molecule has 1 aliphatic heterocycles. The first-order chi connectivity index (χ1) is 10.2. The molecule has 1 aromatic heterocycles. The molecule has 1 atom stereocenters. The van der Waals surface area contributed by atoms with E-state index in [1.54, 1.807) is 6.07 Å². The van der Waals surface area contributed by atoms with Gasteiger partial charge in [0.2, 0.25) is 5.91 Å². The van der Waals surface area contributed by atoms with Crippen LogP contribution in [0, 0.1) is 5.82 Å². The Labute approximate surface area is 135 Å². The van der Waals surface area contributed by atoms with Gasteiger partial charge in [-0.05, 0) is 49.6 Å². The predicted molar refractivity (Wildman–Crippen MR) is 87.9 cm³/mol. The Balaban J connectivity index is 0.00000176. The second-order valence-corrected chi connectivity index (χ2v) is 5.55. The van der Waals surface area contributed by atoms with E-state index < -0.39 is 0 Å². The lowest BCUT2D eigenvalue weighted by Gasteiger charge is -2.22. The van der Waals surface area contributed by atoms with E-state index in [2.05, 4.69) is 15.6 Å². The van der Waals surface area contributed by atoms with Gasteiger partial charge in [0, 0.05) is 23.6 Å². The smallest absolute Gasteiger partial charge is 0.237 e. The molecule has 1 aliphatic rings. The Morgan fingerprint density at radius 1 is 1.36 bits per heavy atom. The van der Waals surface area contributed by atoms with Crippen molar-refractivity contribution in [1.82, 2.24) is 15.6 Å². The van der Waals surface area contributed by atoms with Gasteiger partial charge in [-0.3, -0.25) is 4.79 Å². The molecule has 120 valence electrons. The molecule has 2 aromatic rings. The quantitative estimate of drug-likeness (QED) is 0.809. The number of rotatable bonds is 4. The molecule has 1 aromatic carbocycles. The van der Waals surface area contributed by atoms with E-state index in [1.165, 1.54) is 12.1 Å². The maximum atomic E-state index is 13.1. The summed E-state index contributed by atoms with van der Waals surface area (Å²) in [6.45, 7) is 1.52. The number of amides is 1. The minimum absolute atomic E-state index is 0. The fourth-order valence-corrected chi connectivity index (χ4v) is 2.88. The third-order valence-corrected chi connectivity index (χ3v) is 4.05. The number of aromatic amines is 1. The number of aromatic nitrogens is 1. The van der Waals surface area contributed by atoms with Crippen molar-refractivity contribution in [3.8, 4) is 0 Å². The van der Waals surface area contributed by atoms with Gasteiger partial charge in [0.25, 0.3) is 0 Å². The molecular weight excluding hydrogens is 305 g/mol. The molecule has 1 amide bonds. The molecule has 0 spiro atoms. The van der Waals surface area contributed by atoms with E-state index in [0.717, 1.165) is 48.7 Å². The van der Waals surface area contributed by atoms with Gasteiger partial charge in [0.05, 0.1) is 6.04 Å². The molecule has 0 saturated carbocycles. The number of carbonyl (C=O) groups excluding carboxylic acids is 1. The summed E-state index contributed by atoms with van der Waals surface area (Å²) in [5.41, 5.74) is 1.90. The van der Waals surface area contributed by atoms with Crippen molar-refractivity contribution in [2.24, 2.45) is 0 Å². The molecule has 3 N–H and O–H groups in total. The summed E-state index contributed by atoms with van der Waals surface area (Å²) < 4.78 is 13.1. The van der Waals surface area contributed by atoms with Crippen molar-refractivity contribution < 1.29 is 9.18 Å². The van der Waals surface area contributed by atoms with E-state index in [9.17, 15) is 9.18 Å². The van der Waals surface area contributed by atoms with Crippen molar-refractivity contribution in [2.45, 2.75) is 31.7 Å². The maximum Gasteiger partial charge on any atom is 0.237 e. The average Bonchev–Trinajstić information content (AvgIpc) is 2.90. The molecule has 22 heavy (non-hydrogen) atoms. The average molecular weight is 326 g/mol. The Hall–Kier alpha value is -1.59. The summed E-state index contributed by atoms with van der Waals surface area (Å²) in [7, 11) is 0. The molecule has 4 nitrogen and oxygen atoms in total. The number of fused-ring (bicyclic) bond motifs is 1. The van der Waals surface area contributed by atoms with Crippen LogP contribution in [0.5, 0.6) is 0 Å². The fraction of sp³-hybridized carbons (Fsp3) is 0.438. The Morgan fingerprint density at radius 2 is 2.23 bits per heavy atom. The van der Waals surface area contributed by atoms with Gasteiger partial charge in [-0.25, -0.2) is 4.39 Å². The third kappa shape index (κ3) is 3.78. The Morgan fingerprint density at radius 3 is 3.00 bits per heavy atom. The standard InChI is InChI=1S/C16H20FN3O.ClH/c17-12-4-5-13-11(10-20-15(13)9-12)6-8-19-16(21)14-3-1-2-7-18-14;/h4-5,9-10,14,18,20H,1-3,6-8H2,(H,19,21);1H. The number of hydrogen-bond acceptors (Lipinski definition) is 2. The molecule has 1 fully saturated rings. The number of H-pyrrole nitrogens is 1. The van der Waals surface area contributed by atoms with E-state index in [-0.39, 0.29) is 30.2 Å². The largest absolute Gasteiger partial charge is 0.361 e. The number of benzene rings is 1. The molecule has 2 heterocycles. The second-order valence-electron chi connectivity index (χ2n) is 5.55. The summed E-state index contributed by atoms with van der Waals surface area (Å²) in [5, 5.41) is 7.23. The third-order valence-electron chi connectivity index (χ3n) is 4.05. The van der Waals surface area contributed by atoms with Gasteiger partial charge < -0.3 is 15.6 Å². The lowest BCUT2D eigenvalue weighted by Crippen LogP contribution is -2.47. The zero-order chi connectivity index (χ0) is 14.7. The first-order valence-corrected chi connectivity index (χ1v) is 7.50. The predicted octanol–water partition coefficient (Wildman–Crippen LogP) is 2.53. The fourth-order valence-electron chi connectivity index (χ4n) is 2.88. The van der Waals surface area contributed by atoms with Crippen molar-refractivity contribution in [3.63, 3.8) is 0 Å². The van der Waals surface area contributed by atoms with Crippen molar-refractivity contribution in [1.29, 1.82) is 0 Å². The molecule has 1 unspecified atom stereocenters. The number of nitrogens with one attached hydrogen (secondary N) is 3. The molecule has 6 heteroatoms. The molecular formula is C16H21ClFN3O. The number of carbonyl (C=O) groups is 1. The van der Waals surface area contributed by atoms with Gasteiger partial charge in [0.15, 0.2) is 0 Å². The van der Waals surface area contributed by atoms with Gasteiger partial charge in [-0.1, -0.05) is 6.42 Å². The van der Waals surface area contributed by atoms with Gasteiger partial charge in [-0.2, -0.15) is 0 Å².